The van der Waals surface area contributed by atoms with E-state index < -0.39 is 5.97 Å². The SMILES string of the molecule is Cc1ccc(NC(=O)Nc2ncc(CCc3nc(C(=O)O)c(C)o3)s2)c(N2CCCCC2)c1. The number of nitrogens with zero attached hydrogens (tertiary/aromatic N) is 3. The molecule has 1 aliphatic rings. The van der Waals surface area contributed by atoms with Crippen molar-refractivity contribution >= 4 is 39.8 Å². The first-order valence-corrected chi connectivity index (χ1v) is 11.8. The lowest BCUT2D eigenvalue weighted by molar-refractivity contribution is 0.0689. The smallest absolute Gasteiger partial charge is 0.358 e. The molecule has 174 valence electrons. The molecular weight excluding hydrogens is 442 g/mol. The van der Waals surface area contributed by atoms with Crippen LogP contribution in [0.3, 0.4) is 0 Å². The number of carbonyl (C=O) groups is 2. The predicted octanol–water partition coefficient (Wildman–Crippen LogP) is 4.87. The van der Waals surface area contributed by atoms with Gasteiger partial charge in [-0.2, -0.15) is 0 Å². The van der Waals surface area contributed by atoms with E-state index in [1.807, 2.05) is 12.1 Å². The lowest BCUT2D eigenvalue weighted by atomic mass is 10.1. The van der Waals surface area contributed by atoms with E-state index in [1.54, 1.807) is 13.1 Å². The van der Waals surface area contributed by atoms with E-state index in [0.29, 0.717) is 29.6 Å². The highest BCUT2D eigenvalue weighted by Crippen LogP contribution is 2.30. The minimum atomic E-state index is -1.10. The van der Waals surface area contributed by atoms with Crippen LogP contribution in [0, 0.1) is 13.8 Å². The number of benzene rings is 1. The van der Waals surface area contributed by atoms with Gasteiger partial charge >= 0.3 is 12.0 Å². The van der Waals surface area contributed by atoms with Gasteiger partial charge < -0.3 is 19.7 Å². The molecule has 0 aliphatic carbocycles. The van der Waals surface area contributed by atoms with E-state index in [0.717, 1.165) is 47.7 Å². The van der Waals surface area contributed by atoms with Gasteiger partial charge in [-0.25, -0.2) is 19.6 Å². The number of piperidine rings is 1. The fraction of sp³-hybridized carbons (Fsp3) is 0.391. The van der Waals surface area contributed by atoms with Gasteiger partial charge in [0.25, 0.3) is 0 Å². The van der Waals surface area contributed by atoms with Crippen molar-refractivity contribution in [1.29, 1.82) is 0 Å². The van der Waals surface area contributed by atoms with Crippen LogP contribution in [0.5, 0.6) is 0 Å². The number of hydrogen-bond donors (Lipinski definition) is 3. The maximum atomic E-state index is 12.6. The third-order valence-corrected chi connectivity index (χ3v) is 6.47. The molecule has 4 rings (SSSR count). The average molecular weight is 470 g/mol. The summed E-state index contributed by atoms with van der Waals surface area (Å²) in [6.45, 7) is 5.62. The van der Waals surface area contributed by atoms with Crippen molar-refractivity contribution in [2.45, 2.75) is 46.0 Å². The summed E-state index contributed by atoms with van der Waals surface area (Å²) < 4.78 is 5.41. The number of thiazole rings is 1. The van der Waals surface area contributed by atoms with Crippen LogP contribution in [0.25, 0.3) is 0 Å². The highest BCUT2D eigenvalue weighted by molar-refractivity contribution is 7.15. The summed E-state index contributed by atoms with van der Waals surface area (Å²) >= 11 is 1.36. The number of urea groups is 1. The Hall–Kier alpha value is -3.40. The molecule has 9 nitrogen and oxygen atoms in total. The van der Waals surface area contributed by atoms with E-state index in [2.05, 4.69) is 38.5 Å². The summed E-state index contributed by atoms with van der Waals surface area (Å²) in [4.78, 5) is 35.3. The monoisotopic (exact) mass is 469 g/mol. The quantitative estimate of drug-likeness (QED) is 0.452. The van der Waals surface area contributed by atoms with Crippen LogP contribution < -0.4 is 15.5 Å². The molecule has 0 spiro atoms. The van der Waals surface area contributed by atoms with Gasteiger partial charge in [-0.05, 0) is 57.2 Å². The number of aromatic carboxylic acids is 1. The molecule has 0 unspecified atom stereocenters. The van der Waals surface area contributed by atoms with Gasteiger partial charge in [-0.15, -0.1) is 11.3 Å². The lowest BCUT2D eigenvalue weighted by Gasteiger charge is -2.30. The maximum absolute atomic E-state index is 12.6. The van der Waals surface area contributed by atoms with Crippen LogP contribution in [0.1, 0.15) is 51.8 Å². The number of oxazole rings is 1. The summed E-state index contributed by atoms with van der Waals surface area (Å²) in [6, 6.07) is 5.70. The Morgan fingerprint density at radius 3 is 2.67 bits per heavy atom. The van der Waals surface area contributed by atoms with Crippen LogP contribution in [-0.2, 0) is 12.8 Å². The first-order valence-electron chi connectivity index (χ1n) is 11.0. The van der Waals surface area contributed by atoms with E-state index in [-0.39, 0.29) is 11.7 Å². The zero-order valence-corrected chi connectivity index (χ0v) is 19.5. The van der Waals surface area contributed by atoms with Crippen LogP contribution in [0.2, 0.25) is 0 Å². The summed E-state index contributed by atoms with van der Waals surface area (Å²) in [7, 11) is 0. The largest absolute Gasteiger partial charge is 0.476 e. The highest BCUT2D eigenvalue weighted by atomic mass is 32.1. The maximum Gasteiger partial charge on any atom is 0.358 e. The summed E-state index contributed by atoms with van der Waals surface area (Å²) in [5.74, 6) is -0.439. The zero-order chi connectivity index (χ0) is 23.4. The van der Waals surface area contributed by atoms with Crippen molar-refractivity contribution in [3.63, 3.8) is 0 Å². The lowest BCUT2D eigenvalue weighted by Crippen LogP contribution is -2.31. The number of aromatic nitrogens is 2. The molecule has 3 N–H and O–H groups in total. The van der Waals surface area contributed by atoms with Crippen molar-refractivity contribution in [3.8, 4) is 0 Å². The zero-order valence-electron chi connectivity index (χ0n) is 18.7. The third kappa shape index (κ3) is 5.70. The number of aryl methyl sites for hydroxylation is 4. The molecular formula is C23H27N5O4S. The summed E-state index contributed by atoms with van der Waals surface area (Å²) in [6.07, 6.45) is 6.29. The molecule has 2 aromatic heterocycles. The molecule has 1 fully saturated rings. The minimum Gasteiger partial charge on any atom is -0.476 e. The van der Waals surface area contributed by atoms with Gasteiger partial charge in [0.2, 0.25) is 0 Å². The molecule has 1 saturated heterocycles. The normalized spacial score (nSPS) is 13.7. The number of carbonyl (C=O) groups excluding carboxylic acids is 1. The molecule has 2 amide bonds. The first kappa shape index (κ1) is 22.8. The minimum absolute atomic E-state index is 0.0617. The topological polar surface area (TPSA) is 121 Å². The Morgan fingerprint density at radius 2 is 1.94 bits per heavy atom. The number of anilines is 3. The van der Waals surface area contributed by atoms with Gasteiger partial charge in [-0.1, -0.05) is 6.07 Å². The van der Waals surface area contributed by atoms with Crippen molar-refractivity contribution in [2.75, 3.05) is 28.6 Å². The van der Waals surface area contributed by atoms with E-state index in [9.17, 15) is 9.59 Å². The first-order chi connectivity index (χ1) is 15.9. The van der Waals surface area contributed by atoms with E-state index >= 15 is 0 Å². The Morgan fingerprint density at radius 1 is 1.15 bits per heavy atom. The van der Waals surface area contributed by atoms with Gasteiger partial charge in [0.05, 0.1) is 11.4 Å². The molecule has 3 aromatic rings. The van der Waals surface area contributed by atoms with Crippen molar-refractivity contribution in [1.82, 2.24) is 9.97 Å². The van der Waals surface area contributed by atoms with Gasteiger partial charge in [-0.3, -0.25) is 5.32 Å². The van der Waals surface area contributed by atoms with Crippen LogP contribution >= 0.6 is 11.3 Å². The number of carboxylic acid groups (broad SMARTS) is 1. The highest BCUT2D eigenvalue weighted by Gasteiger charge is 2.18. The number of nitrogens with one attached hydrogen (secondary N) is 2. The fourth-order valence-electron chi connectivity index (χ4n) is 3.86. The Bertz CT molecular complexity index is 1150. The Labute approximate surface area is 195 Å². The average Bonchev–Trinajstić information content (AvgIpc) is 3.40. The second kappa shape index (κ2) is 10.0. The fourth-order valence-corrected chi connectivity index (χ4v) is 4.67. The molecule has 0 bridgehead atoms. The Balaban J connectivity index is 1.35. The third-order valence-electron chi connectivity index (χ3n) is 5.50. The van der Waals surface area contributed by atoms with Gasteiger partial charge in [0.1, 0.15) is 5.76 Å². The number of carboxylic acids is 1. The van der Waals surface area contributed by atoms with Crippen molar-refractivity contribution < 1.29 is 19.1 Å². The molecule has 0 radical (unpaired) electrons. The summed E-state index contributed by atoms with van der Waals surface area (Å²) in [5, 5.41) is 15.3. The molecule has 0 saturated carbocycles. The molecule has 1 aromatic carbocycles. The molecule has 10 heteroatoms. The standard InChI is InChI=1S/C23H27N5O4S/c1-14-6-8-17(18(12-14)28-10-4-3-5-11-28)25-22(31)27-23-24-13-16(33-23)7-9-19-26-20(21(29)30)15(2)32-19/h6,8,12-13H,3-5,7,9-11H2,1-2H3,(H,29,30)(H2,24,25,27,31). The molecule has 0 atom stereocenters. The summed E-state index contributed by atoms with van der Waals surface area (Å²) in [5.41, 5.74) is 2.92. The Kier molecular flexibility index (Phi) is 6.93. The molecule has 3 heterocycles. The van der Waals surface area contributed by atoms with E-state index in [1.165, 1.54) is 17.8 Å². The van der Waals surface area contributed by atoms with E-state index in [4.69, 9.17) is 9.52 Å². The molecule has 1 aliphatic heterocycles. The number of rotatable bonds is 7. The van der Waals surface area contributed by atoms with Crippen molar-refractivity contribution in [3.05, 3.63) is 52.2 Å². The number of amides is 2. The number of hydrogen-bond acceptors (Lipinski definition) is 7. The van der Waals surface area contributed by atoms with Crippen LogP contribution in [-0.4, -0.2) is 40.2 Å². The van der Waals surface area contributed by atoms with Crippen molar-refractivity contribution in [2.24, 2.45) is 0 Å². The van der Waals surface area contributed by atoms with Gasteiger partial charge in [0, 0.05) is 30.6 Å². The van der Waals surface area contributed by atoms with Crippen LogP contribution in [0.4, 0.5) is 21.3 Å². The molecule has 33 heavy (non-hydrogen) atoms. The predicted molar refractivity (Wildman–Crippen MR) is 128 cm³/mol. The van der Waals surface area contributed by atoms with Gasteiger partial charge in [0.15, 0.2) is 16.7 Å². The second-order valence-electron chi connectivity index (χ2n) is 8.10. The second-order valence-corrected chi connectivity index (χ2v) is 9.21. The van der Waals surface area contributed by atoms with Crippen LogP contribution in [0.15, 0.2) is 28.8 Å².